The number of hydrogen-bond acceptors (Lipinski definition) is 37. The summed E-state index contributed by atoms with van der Waals surface area (Å²) in [5.74, 6) is 1.81. The summed E-state index contributed by atoms with van der Waals surface area (Å²) in [6.07, 6.45) is -50.1. The van der Waals surface area contributed by atoms with E-state index >= 15 is 0 Å². The zero-order valence-corrected chi connectivity index (χ0v) is 60.6. The Morgan fingerprint density at radius 1 is 0.374 bits per heavy atom. The second-order valence-corrected chi connectivity index (χ2v) is 32.3. The average Bonchev–Trinajstić information content (AvgIpc) is 1.71. The number of rotatable bonds is 27. The van der Waals surface area contributed by atoms with Gasteiger partial charge in [-0.05, 0) is 104 Å². The fraction of sp³-hybridized carbons (Fsp3) is 0.971. The molecular weight excluding hydrogens is 1430 g/mol. The minimum Gasteiger partial charge on any atom is -0.394 e. The molecule has 23 N–H and O–H groups in total. The molecule has 11 rings (SSSR count). The van der Waals surface area contributed by atoms with Crippen LogP contribution in [0.3, 0.4) is 0 Å². The van der Waals surface area contributed by atoms with Crippen molar-refractivity contribution in [1.82, 2.24) is 0 Å². The Kier molecular flexibility index (Phi) is 29.1. The minimum absolute atomic E-state index is 0.0261. The topological polar surface area (TPSA) is 595 Å². The third kappa shape index (κ3) is 17.3. The number of allylic oxidation sites excluding steroid dienone is 1. The van der Waals surface area contributed by atoms with Gasteiger partial charge in [-0.1, -0.05) is 59.1 Å². The summed E-state index contributed by atoms with van der Waals surface area (Å²) in [4.78, 5) is 0. The largest absolute Gasteiger partial charge is 0.394 e. The highest BCUT2D eigenvalue weighted by Crippen LogP contribution is 2.68. The summed E-state index contributed by atoms with van der Waals surface area (Å²) < 4.78 is 82.8. The van der Waals surface area contributed by atoms with Crippen molar-refractivity contribution in [1.29, 1.82) is 0 Å². The lowest BCUT2D eigenvalue weighted by Crippen LogP contribution is -2.66. The quantitative estimate of drug-likeness (QED) is 0.0340. The normalized spacial score (nSPS) is 52.0. The SMILES string of the molecule is CC(CO[C@@H]1O[C@H](CO[C@@H]2O[C@H](CO)[C@@H](O)[C@H](O)[C@H]2O)[C@@H](O)[C@H](O)[C@H]1O[C@@H]1O[C@H](CO)[C@@H](O[C@@H]2O[C@H](CO)[C@@H](O)[C@H](O)[C@H]2O)[C@H](O)[C@H]1O)[C@@H](C)CC[C@@H](C)[C@H]1CC[C@H]2[C@@H]3CC=C4C[C@@H](O[C@@H]5O[C@H](CO)[C@@H](O)[C@H](O)[C@H]5O[C@@H]5O[C@H](CO)[C@@H](O[C@@H]6O[C@H](CO)[C@@H](O)[C@H](O)[C@H]6O)[C@H](O)[C@H]5O)CC[C@]4(C)[C@H]3CC[C@]12C. The number of ether oxygens (including phenoxy) is 14. The lowest BCUT2D eigenvalue weighted by atomic mass is 9.47. The van der Waals surface area contributed by atoms with Crippen LogP contribution in [0.2, 0.25) is 0 Å². The molecule has 0 aromatic heterocycles. The molecule has 7 heterocycles. The van der Waals surface area contributed by atoms with Crippen LogP contribution in [0.25, 0.3) is 0 Å². The summed E-state index contributed by atoms with van der Waals surface area (Å²) >= 11 is 0. The van der Waals surface area contributed by atoms with Crippen LogP contribution in [0.4, 0.5) is 0 Å². The zero-order valence-electron chi connectivity index (χ0n) is 60.6. The maximum absolute atomic E-state index is 11.9. The Morgan fingerprint density at radius 3 is 1.27 bits per heavy atom. The summed E-state index contributed by atoms with van der Waals surface area (Å²) in [6.45, 7) is 5.66. The van der Waals surface area contributed by atoms with Gasteiger partial charge in [-0.25, -0.2) is 0 Å². The first-order chi connectivity index (χ1) is 50.8. The van der Waals surface area contributed by atoms with Gasteiger partial charge < -0.3 is 184 Å². The van der Waals surface area contributed by atoms with Crippen LogP contribution in [0, 0.1) is 52.3 Å². The van der Waals surface area contributed by atoms with Crippen molar-refractivity contribution in [3.8, 4) is 0 Å². The van der Waals surface area contributed by atoms with E-state index in [1.165, 1.54) is 5.57 Å². The highest BCUT2D eigenvalue weighted by atomic mass is 16.8. The van der Waals surface area contributed by atoms with E-state index in [9.17, 15) is 117 Å². The van der Waals surface area contributed by atoms with E-state index in [0.29, 0.717) is 42.4 Å². The van der Waals surface area contributed by atoms with Crippen molar-refractivity contribution in [2.24, 2.45) is 52.3 Å². The predicted octanol–water partition coefficient (Wildman–Crippen LogP) is -8.62. The molecule has 37 nitrogen and oxygen atoms in total. The van der Waals surface area contributed by atoms with E-state index in [-0.39, 0.29) is 29.3 Å². The van der Waals surface area contributed by atoms with E-state index < -0.39 is 267 Å². The van der Waals surface area contributed by atoms with E-state index in [1.807, 2.05) is 6.92 Å². The van der Waals surface area contributed by atoms with Crippen molar-refractivity contribution in [3.63, 3.8) is 0 Å². The van der Waals surface area contributed by atoms with Gasteiger partial charge in [-0.3, -0.25) is 0 Å². The summed E-state index contributed by atoms with van der Waals surface area (Å²) in [5.41, 5.74) is 1.10. The van der Waals surface area contributed by atoms with Crippen LogP contribution in [0.1, 0.15) is 98.8 Å². The van der Waals surface area contributed by atoms with Crippen molar-refractivity contribution in [2.75, 3.05) is 52.9 Å². The first kappa shape index (κ1) is 86.1. The van der Waals surface area contributed by atoms with Gasteiger partial charge in [0.25, 0.3) is 0 Å². The van der Waals surface area contributed by atoms with Gasteiger partial charge in [-0.2, -0.15) is 0 Å². The van der Waals surface area contributed by atoms with Gasteiger partial charge in [0.15, 0.2) is 44.0 Å². The monoisotopic (exact) mass is 1550 g/mol. The van der Waals surface area contributed by atoms with E-state index in [1.54, 1.807) is 0 Å². The third-order valence-electron chi connectivity index (χ3n) is 26.0. The molecule has 1 unspecified atom stereocenters. The number of hydrogen-bond donors (Lipinski definition) is 23. The third-order valence-corrected chi connectivity index (χ3v) is 26.0. The van der Waals surface area contributed by atoms with E-state index in [2.05, 4.69) is 33.8 Å². The summed E-state index contributed by atoms with van der Waals surface area (Å²) in [6, 6.07) is 0. The van der Waals surface area contributed by atoms with Crippen molar-refractivity contribution < 1.29 is 184 Å². The predicted molar refractivity (Wildman–Crippen MR) is 353 cm³/mol. The molecular formula is C70H118O37. The standard InChI is InChI=1S/C70H118O37/c1-25(27(3)23-94-67-60(50(86)45(81)40(103-67)24-95-62-53(89)46(82)41(77)34(17-71)97-62)106-65-56(92)51(87)58(38(21-75)101-65)104-63-54(90)47(83)42(78)35(18-72)98-63)6-7-26(2)31-10-11-32-30-9-8-28-16-29(12-14-69(28,4)33(30)13-15-70(31,32)5)96-68-61(49(85)44(80)37(20-74)100-68)107-66-57(93)52(88)59(39(22-76)102-66)105-64-55(91)48(84)43(79)36(19-73)99-64/h8,25-27,29-68,71-93H,6-7,9-24H2,1-5H3/t25-,26+,27?,29-,30-,31+,32-,33-,34+,35+,36+,37+,38+,39+,40+,41+,42+,43+,44+,45+,46-,47-,48-,49-,50-,51+,52+,53+,54+,55+,56+,57+,58+,59+,60+,61+,62+,63-,64-,65-,66-,67+,68+,69-,70+/m0/s1. The van der Waals surface area contributed by atoms with Crippen LogP contribution >= 0.6 is 0 Å². The maximum Gasteiger partial charge on any atom is 0.187 e. The smallest absolute Gasteiger partial charge is 0.187 e. The molecule has 7 aliphatic heterocycles. The number of fused-ring (bicyclic) bond motifs is 5. The van der Waals surface area contributed by atoms with Crippen LogP contribution in [0.5, 0.6) is 0 Å². The molecule has 45 atom stereocenters. The van der Waals surface area contributed by atoms with Gasteiger partial charge in [0.05, 0.1) is 59.0 Å². The molecule has 11 aliphatic rings. The highest BCUT2D eigenvalue weighted by Gasteiger charge is 2.62. The van der Waals surface area contributed by atoms with Gasteiger partial charge >= 0.3 is 0 Å². The molecule has 620 valence electrons. The van der Waals surface area contributed by atoms with E-state index in [0.717, 1.165) is 51.4 Å². The molecule has 0 aromatic rings. The molecule has 4 aliphatic carbocycles. The van der Waals surface area contributed by atoms with Crippen molar-refractivity contribution in [2.45, 2.75) is 320 Å². The lowest BCUT2D eigenvalue weighted by molar-refractivity contribution is -0.387. The summed E-state index contributed by atoms with van der Waals surface area (Å²) in [5, 5.41) is 246. The Morgan fingerprint density at radius 2 is 0.776 bits per heavy atom. The average molecular weight is 1550 g/mol. The lowest BCUT2D eigenvalue weighted by Gasteiger charge is -2.58. The van der Waals surface area contributed by atoms with Crippen LogP contribution in [0.15, 0.2) is 11.6 Å². The molecule has 37 heteroatoms. The van der Waals surface area contributed by atoms with Crippen molar-refractivity contribution in [3.05, 3.63) is 11.6 Å². The zero-order chi connectivity index (χ0) is 77.7. The number of aliphatic hydroxyl groups is 23. The first-order valence-corrected chi connectivity index (χ1v) is 37.8. The Hall–Kier alpha value is -1.74. The summed E-state index contributed by atoms with van der Waals surface area (Å²) in [7, 11) is 0. The maximum atomic E-state index is 11.9. The molecule has 0 bridgehead atoms. The fourth-order valence-corrected chi connectivity index (χ4v) is 19.0. The Labute approximate surface area is 618 Å². The van der Waals surface area contributed by atoms with Crippen molar-refractivity contribution >= 4 is 0 Å². The van der Waals surface area contributed by atoms with Crippen LogP contribution in [-0.4, -0.2) is 391 Å². The molecule has 0 radical (unpaired) electrons. The number of aliphatic hydroxyl groups excluding tert-OH is 23. The molecule has 0 spiro atoms. The highest BCUT2D eigenvalue weighted by molar-refractivity contribution is 5.26. The van der Waals surface area contributed by atoms with E-state index in [4.69, 9.17) is 66.3 Å². The molecule has 7 saturated heterocycles. The molecule has 0 amide bonds. The van der Waals surface area contributed by atoms with Gasteiger partial charge in [0.1, 0.15) is 171 Å². The Balaban J connectivity index is 0.702. The van der Waals surface area contributed by atoms with Crippen LogP contribution < -0.4 is 0 Å². The van der Waals surface area contributed by atoms with Crippen LogP contribution in [-0.2, 0) is 66.3 Å². The Bertz CT molecular complexity index is 2800. The second kappa shape index (κ2) is 36.2. The molecule has 0 aromatic carbocycles. The molecule has 3 saturated carbocycles. The fourth-order valence-electron chi connectivity index (χ4n) is 19.0. The molecule has 107 heavy (non-hydrogen) atoms. The minimum atomic E-state index is -2.06. The van der Waals surface area contributed by atoms with Gasteiger partial charge in [0, 0.05) is 0 Å². The second-order valence-electron chi connectivity index (χ2n) is 32.3. The van der Waals surface area contributed by atoms with Gasteiger partial charge in [0.2, 0.25) is 0 Å². The molecule has 10 fully saturated rings. The van der Waals surface area contributed by atoms with Gasteiger partial charge in [-0.15, -0.1) is 0 Å². The first-order valence-electron chi connectivity index (χ1n) is 37.8.